The van der Waals surface area contributed by atoms with Gasteiger partial charge in [0.15, 0.2) is 0 Å². The molecule has 2 aromatic heterocycles. The van der Waals surface area contributed by atoms with Crippen LogP contribution < -0.4 is 4.90 Å². The number of piperidine rings is 1. The number of carboxylic acid groups (broad SMARTS) is 1. The van der Waals surface area contributed by atoms with Crippen LogP contribution in [0.15, 0.2) is 34.9 Å². The van der Waals surface area contributed by atoms with Gasteiger partial charge in [0.05, 0.1) is 34.6 Å². The summed E-state index contributed by atoms with van der Waals surface area (Å²) in [6.45, 7) is 2.03. The molecule has 4 heterocycles. The minimum Gasteiger partial charge on any atom is -0.478 e. The van der Waals surface area contributed by atoms with E-state index in [-0.39, 0.29) is 29.3 Å². The van der Waals surface area contributed by atoms with Gasteiger partial charge in [-0.25, -0.2) is 14.2 Å². The number of carboxylic acids is 1. The van der Waals surface area contributed by atoms with E-state index in [2.05, 4.69) is 15.0 Å². The summed E-state index contributed by atoms with van der Waals surface area (Å²) in [5.74, 6) is 0.522. The molecule has 0 unspecified atom stereocenters. The van der Waals surface area contributed by atoms with Crippen LogP contribution in [-0.4, -0.2) is 39.4 Å². The number of ether oxygens (including phenoxy) is 1. The molecule has 1 aliphatic carbocycles. The van der Waals surface area contributed by atoms with Gasteiger partial charge in [0.2, 0.25) is 0 Å². The van der Waals surface area contributed by atoms with Crippen molar-refractivity contribution in [2.24, 2.45) is 0 Å². The molecule has 1 aromatic carbocycles. The molecule has 2 aliphatic heterocycles. The zero-order valence-corrected chi connectivity index (χ0v) is 20.7. The molecule has 3 atom stereocenters. The fourth-order valence-electron chi connectivity index (χ4n) is 5.80. The number of aromatic carboxylic acids is 1. The second-order valence-electron chi connectivity index (χ2n) is 10.0. The van der Waals surface area contributed by atoms with Crippen LogP contribution in [0.1, 0.15) is 71.8 Å². The van der Waals surface area contributed by atoms with Crippen LogP contribution in [0.3, 0.4) is 0 Å². The number of fused-ring (bicyclic) bond motifs is 2. The summed E-state index contributed by atoms with van der Waals surface area (Å²) in [7, 11) is 0. The maximum absolute atomic E-state index is 14.7. The van der Waals surface area contributed by atoms with E-state index in [4.69, 9.17) is 20.9 Å². The number of carbonyl (C=O) groups is 1. The van der Waals surface area contributed by atoms with Gasteiger partial charge in [0.25, 0.3) is 0 Å². The Morgan fingerprint density at radius 3 is 2.58 bits per heavy atom. The normalized spacial score (nSPS) is 23.3. The molecule has 0 radical (unpaired) electrons. The predicted molar refractivity (Wildman–Crippen MR) is 132 cm³/mol. The second kappa shape index (κ2) is 9.16. The van der Waals surface area contributed by atoms with Crippen molar-refractivity contribution in [2.75, 3.05) is 4.90 Å². The summed E-state index contributed by atoms with van der Waals surface area (Å²) < 4.78 is 26.8. The molecule has 3 aromatic rings. The molecule has 6 rings (SSSR count). The van der Waals surface area contributed by atoms with Crippen LogP contribution in [0.4, 0.5) is 10.2 Å². The largest absolute Gasteiger partial charge is 0.478 e. The van der Waals surface area contributed by atoms with E-state index in [1.807, 2.05) is 6.07 Å². The third-order valence-corrected chi connectivity index (χ3v) is 8.00. The molecule has 1 N–H and O–H groups in total. The third-order valence-electron chi connectivity index (χ3n) is 7.69. The molecule has 3 fully saturated rings. The van der Waals surface area contributed by atoms with Crippen molar-refractivity contribution in [3.8, 4) is 11.3 Å². The highest BCUT2D eigenvalue weighted by Gasteiger charge is 2.42. The van der Waals surface area contributed by atoms with Gasteiger partial charge in [0.1, 0.15) is 23.1 Å². The van der Waals surface area contributed by atoms with E-state index in [0.29, 0.717) is 28.9 Å². The van der Waals surface area contributed by atoms with E-state index in [0.717, 1.165) is 55.7 Å². The minimum atomic E-state index is -0.961. The third kappa shape index (κ3) is 4.16. The van der Waals surface area contributed by atoms with Gasteiger partial charge < -0.3 is 19.3 Å². The zero-order chi connectivity index (χ0) is 25.0. The van der Waals surface area contributed by atoms with Crippen molar-refractivity contribution < 1.29 is 23.6 Å². The summed E-state index contributed by atoms with van der Waals surface area (Å²) in [6.07, 6.45) is 5.88. The van der Waals surface area contributed by atoms with Crippen LogP contribution >= 0.6 is 11.6 Å². The monoisotopic (exact) mass is 511 g/mol. The number of nitrogens with zero attached hydrogens (tertiary/aromatic N) is 3. The standard InChI is InChI=1S/C27H27ClFN3O4/c1-14-19(27(33)34)9-10-23(30-14)32-16-7-8-17(32)12-18(11-16)35-13-20-25(31-36-26(20)15-5-6-15)24-21(28)3-2-4-22(24)29/h2-4,9-10,15-18H,5-8,11-13H2,1H3,(H,33,34)/t16-,17+,18+. The lowest BCUT2D eigenvalue weighted by atomic mass is 9.99. The maximum Gasteiger partial charge on any atom is 0.337 e. The van der Waals surface area contributed by atoms with Crippen LogP contribution in [0, 0.1) is 12.7 Å². The number of anilines is 1. The van der Waals surface area contributed by atoms with Gasteiger partial charge in [-0.3, -0.25) is 0 Å². The highest BCUT2D eigenvalue weighted by atomic mass is 35.5. The average molecular weight is 512 g/mol. The Morgan fingerprint density at radius 2 is 1.94 bits per heavy atom. The average Bonchev–Trinajstić information content (AvgIpc) is 3.55. The molecule has 0 amide bonds. The first-order chi connectivity index (χ1) is 17.4. The summed E-state index contributed by atoms with van der Waals surface area (Å²) in [6, 6.07) is 8.62. The van der Waals surface area contributed by atoms with E-state index < -0.39 is 11.8 Å². The first kappa shape index (κ1) is 23.4. The molecule has 2 bridgehead atoms. The van der Waals surface area contributed by atoms with Gasteiger partial charge in [-0.2, -0.15) is 0 Å². The van der Waals surface area contributed by atoms with Crippen LogP contribution in [-0.2, 0) is 11.3 Å². The van der Waals surface area contributed by atoms with Crippen LogP contribution in [0.25, 0.3) is 11.3 Å². The fraction of sp³-hybridized carbons (Fsp3) is 0.444. The van der Waals surface area contributed by atoms with Gasteiger partial charge in [-0.15, -0.1) is 0 Å². The lowest BCUT2D eigenvalue weighted by molar-refractivity contribution is 0.0146. The van der Waals surface area contributed by atoms with Crippen LogP contribution in [0.5, 0.6) is 0 Å². The van der Waals surface area contributed by atoms with Gasteiger partial charge in [-0.05, 0) is 69.7 Å². The molecule has 1 saturated carbocycles. The Morgan fingerprint density at radius 1 is 1.19 bits per heavy atom. The Kier molecular flexibility index (Phi) is 5.96. The smallest absolute Gasteiger partial charge is 0.337 e. The van der Waals surface area contributed by atoms with E-state index in [1.54, 1.807) is 25.1 Å². The Bertz CT molecular complexity index is 1290. The topological polar surface area (TPSA) is 88.7 Å². The second-order valence-corrected chi connectivity index (χ2v) is 10.5. The zero-order valence-electron chi connectivity index (χ0n) is 19.9. The Balaban J connectivity index is 1.20. The number of aromatic nitrogens is 2. The number of aryl methyl sites for hydroxylation is 1. The summed E-state index contributed by atoms with van der Waals surface area (Å²) >= 11 is 6.34. The molecular formula is C27H27ClFN3O4. The quantitative estimate of drug-likeness (QED) is 0.408. The van der Waals surface area contributed by atoms with Gasteiger partial charge in [-0.1, -0.05) is 22.8 Å². The van der Waals surface area contributed by atoms with Crippen molar-refractivity contribution in [1.82, 2.24) is 10.1 Å². The minimum absolute atomic E-state index is 0.0454. The number of pyridine rings is 1. The van der Waals surface area contributed by atoms with Crippen molar-refractivity contribution >= 4 is 23.4 Å². The van der Waals surface area contributed by atoms with Crippen molar-refractivity contribution in [3.05, 3.63) is 63.8 Å². The van der Waals surface area contributed by atoms with Gasteiger partial charge >= 0.3 is 5.97 Å². The van der Waals surface area contributed by atoms with Gasteiger partial charge in [0, 0.05) is 23.6 Å². The number of halogens is 2. The molecule has 3 aliphatic rings. The molecule has 188 valence electrons. The highest BCUT2D eigenvalue weighted by Crippen LogP contribution is 2.46. The van der Waals surface area contributed by atoms with Crippen molar-refractivity contribution in [2.45, 2.75) is 76.2 Å². The van der Waals surface area contributed by atoms with Crippen molar-refractivity contribution in [1.29, 1.82) is 0 Å². The first-order valence-electron chi connectivity index (χ1n) is 12.4. The summed E-state index contributed by atoms with van der Waals surface area (Å²) in [5.41, 5.74) is 2.24. The Hall–Kier alpha value is -2.97. The molecule has 0 spiro atoms. The van der Waals surface area contributed by atoms with Crippen molar-refractivity contribution in [3.63, 3.8) is 0 Å². The highest BCUT2D eigenvalue weighted by molar-refractivity contribution is 6.33. The number of benzene rings is 1. The summed E-state index contributed by atoms with van der Waals surface area (Å²) in [4.78, 5) is 18.3. The fourth-order valence-corrected chi connectivity index (χ4v) is 6.06. The molecule has 36 heavy (non-hydrogen) atoms. The van der Waals surface area contributed by atoms with E-state index in [9.17, 15) is 14.3 Å². The molecular weight excluding hydrogens is 485 g/mol. The molecule has 9 heteroatoms. The number of hydrogen-bond acceptors (Lipinski definition) is 6. The number of rotatable bonds is 7. The van der Waals surface area contributed by atoms with E-state index in [1.165, 1.54) is 6.07 Å². The lowest BCUT2D eigenvalue weighted by Crippen LogP contribution is -2.46. The predicted octanol–water partition coefficient (Wildman–Crippen LogP) is 6.13. The maximum atomic E-state index is 14.7. The Labute approximate surface area is 213 Å². The lowest BCUT2D eigenvalue weighted by Gasteiger charge is -2.39. The molecule has 7 nitrogen and oxygen atoms in total. The van der Waals surface area contributed by atoms with Crippen LogP contribution in [0.2, 0.25) is 5.02 Å². The SMILES string of the molecule is Cc1nc(N2[C@@H]3CC[C@H]2C[C@@H](OCc2c(-c4c(F)cccc4Cl)noc2C2CC2)C3)ccc1C(=O)O. The first-order valence-corrected chi connectivity index (χ1v) is 12.8. The number of hydrogen-bond donors (Lipinski definition) is 1. The van der Waals surface area contributed by atoms with E-state index >= 15 is 0 Å². The molecule has 2 saturated heterocycles. The summed E-state index contributed by atoms with van der Waals surface area (Å²) in [5, 5.41) is 13.8.